The van der Waals surface area contributed by atoms with Crippen molar-refractivity contribution in [3.05, 3.63) is 12.2 Å². The molecular formula is C13H24N2O. The van der Waals surface area contributed by atoms with Gasteiger partial charge in [0, 0.05) is 17.1 Å². The number of amides is 1. The molecule has 1 rings (SSSR count). The van der Waals surface area contributed by atoms with Crippen molar-refractivity contribution in [2.45, 2.75) is 64.6 Å². The van der Waals surface area contributed by atoms with E-state index in [-0.39, 0.29) is 23.0 Å². The number of piperidine rings is 1. The van der Waals surface area contributed by atoms with Crippen molar-refractivity contribution in [2.24, 2.45) is 0 Å². The molecule has 92 valence electrons. The van der Waals surface area contributed by atoms with Crippen molar-refractivity contribution in [2.75, 3.05) is 0 Å². The predicted molar refractivity (Wildman–Crippen MR) is 67.3 cm³/mol. The van der Waals surface area contributed by atoms with Crippen molar-refractivity contribution in [3.8, 4) is 0 Å². The minimum absolute atomic E-state index is 0.0148. The second-order valence-corrected chi connectivity index (χ2v) is 6.01. The van der Waals surface area contributed by atoms with Crippen LogP contribution in [0.3, 0.4) is 0 Å². The highest BCUT2D eigenvalue weighted by molar-refractivity contribution is 5.87. The summed E-state index contributed by atoms with van der Waals surface area (Å²) in [5.41, 5.74) is 0.158. The van der Waals surface area contributed by atoms with Crippen LogP contribution in [-0.4, -0.2) is 23.0 Å². The molecule has 0 spiro atoms. The lowest BCUT2D eigenvalue weighted by Crippen LogP contribution is -2.62. The molecule has 1 fully saturated rings. The fourth-order valence-corrected chi connectivity index (χ4v) is 2.83. The molecule has 3 heteroatoms. The molecule has 0 aliphatic carbocycles. The fraction of sp³-hybridized carbons (Fsp3) is 0.769. The van der Waals surface area contributed by atoms with Crippen LogP contribution in [0.4, 0.5) is 0 Å². The first-order chi connectivity index (χ1) is 7.24. The molecule has 0 radical (unpaired) electrons. The molecule has 0 bridgehead atoms. The van der Waals surface area contributed by atoms with E-state index in [0.29, 0.717) is 0 Å². The van der Waals surface area contributed by atoms with Gasteiger partial charge in [0.15, 0.2) is 0 Å². The third-order valence-corrected chi connectivity index (χ3v) is 2.85. The molecule has 1 aliphatic heterocycles. The smallest absolute Gasteiger partial charge is 0.243 e. The third-order valence-electron chi connectivity index (χ3n) is 2.85. The van der Waals surface area contributed by atoms with Gasteiger partial charge in [0.1, 0.15) is 0 Å². The zero-order valence-corrected chi connectivity index (χ0v) is 11.1. The van der Waals surface area contributed by atoms with Crippen molar-refractivity contribution in [3.63, 3.8) is 0 Å². The highest BCUT2D eigenvalue weighted by atomic mass is 16.1. The summed E-state index contributed by atoms with van der Waals surface area (Å²) < 4.78 is 0. The molecule has 1 saturated heterocycles. The van der Waals surface area contributed by atoms with Crippen LogP contribution in [0, 0.1) is 0 Å². The molecule has 1 amide bonds. The summed E-state index contributed by atoms with van der Waals surface area (Å²) >= 11 is 0. The Balaban J connectivity index is 2.64. The molecule has 2 N–H and O–H groups in total. The van der Waals surface area contributed by atoms with E-state index in [2.05, 4.69) is 38.3 Å². The largest absolute Gasteiger partial charge is 0.350 e. The molecule has 3 nitrogen and oxygen atoms in total. The van der Waals surface area contributed by atoms with Crippen molar-refractivity contribution >= 4 is 5.91 Å². The Morgan fingerprint density at radius 2 is 1.75 bits per heavy atom. The van der Waals surface area contributed by atoms with E-state index in [1.54, 1.807) is 12.2 Å². The van der Waals surface area contributed by atoms with Crippen LogP contribution < -0.4 is 10.6 Å². The van der Waals surface area contributed by atoms with Gasteiger partial charge in [-0.3, -0.25) is 4.79 Å². The minimum atomic E-state index is 0.0148. The van der Waals surface area contributed by atoms with E-state index < -0.39 is 0 Å². The highest BCUT2D eigenvalue weighted by Crippen LogP contribution is 2.28. The van der Waals surface area contributed by atoms with E-state index in [1.165, 1.54) is 0 Å². The van der Waals surface area contributed by atoms with Gasteiger partial charge in [-0.05, 0) is 53.5 Å². The zero-order chi connectivity index (χ0) is 12.4. The summed E-state index contributed by atoms with van der Waals surface area (Å²) in [7, 11) is 0. The first-order valence-corrected chi connectivity index (χ1v) is 5.97. The number of carbonyl (C=O) groups excluding carboxylic acids is 1. The molecule has 0 atom stereocenters. The Hall–Kier alpha value is -0.830. The van der Waals surface area contributed by atoms with Gasteiger partial charge in [-0.2, -0.15) is 0 Å². The van der Waals surface area contributed by atoms with Crippen LogP contribution in [0.2, 0.25) is 0 Å². The molecule has 0 aromatic rings. The van der Waals surface area contributed by atoms with Gasteiger partial charge in [0.05, 0.1) is 0 Å². The number of allylic oxidation sites excluding steroid dienone is 1. The third kappa shape index (κ3) is 3.97. The van der Waals surface area contributed by atoms with Crippen molar-refractivity contribution in [1.29, 1.82) is 0 Å². The topological polar surface area (TPSA) is 41.1 Å². The van der Waals surface area contributed by atoms with Crippen LogP contribution in [0.5, 0.6) is 0 Å². The fourth-order valence-electron chi connectivity index (χ4n) is 2.83. The maximum atomic E-state index is 11.5. The van der Waals surface area contributed by atoms with Gasteiger partial charge < -0.3 is 10.6 Å². The zero-order valence-electron chi connectivity index (χ0n) is 11.1. The lowest BCUT2D eigenvalue weighted by atomic mass is 9.79. The number of hydrogen-bond donors (Lipinski definition) is 2. The van der Waals surface area contributed by atoms with Crippen LogP contribution in [0.15, 0.2) is 12.2 Å². The number of hydrogen-bond acceptors (Lipinski definition) is 2. The van der Waals surface area contributed by atoms with Crippen LogP contribution in [0.1, 0.15) is 47.5 Å². The summed E-state index contributed by atoms with van der Waals surface area (Å²) in [6, 6.07) is 0.259. The minimum Gasteiger partial charge on any atom is -0.350 e. The van der Waals surface area contributed by atoms with Gasteiger partial charge in [-0.1, -0.05) is 6.08 Å². The Morgan fingerprint density at radius 3 is 2.19 bits per heavy atom. The molecule has 0 aromatic carbocycles. The summed E-state index contributed by atoms with van der Waals surface area (Å²) in [5.74, 6) is 0.0148. The average Bonchev–Trinajstić information content (AvgIpc) is 1.96. The van der Waals surface area contributed by atoms with E-state index in [4.69, 9.17) is 0 Å². The second-order valence-electron chi connectivity index (χ2n) is 6.01. The van der Waals surface area contributed by atoms with Gasteiger partial charge in [-0.15, -0.1) is 0 Å². The van der Waals surface area contributed by atoms with Gasteiger partial charge in [0.2, 0.25) is 5.91 Å². The summed E-state index contributed by atoms with van der Waals surface area (Å²) in [6.07, 6.45) is 5.30. The molecule has 0 aromatic heterocycles. The molecular weight excluding hydrogens is 200 g/mol. The molecule has 1 heterocycles. The lowest BCUT2D eigenvalue weighted by molar-refractivity contribution is -0.117. The van der Waals surface area contributed by atoms with Crippen LogP contribution in [-0.2, 0) is 4.79 Å². The standard InChI is InChI=1S/C13H24N2O/c1-6-7-11(16)14-10-8-12(2,3)15-13(4,5)9-10/h6-7,10,15H,8-9H2,1-5H3,(H,14,16). The van der Waals surface area contributed by atoms with Crippen LogP contribution >= 0.6 is 0 Å². The predicted octanol–water partition coefficient (Wildman–Crippen LogP) is 1.99. The second kappa shape index (κ2) is 4.58. The number of rotatable bonds is 2. The number of carbonyl (C=O) groups is 1. The maximum absolute atomic E-state index is 11.5. The summed E-state index contributed by atoms with van der Waals surface area (Å²) in [4.78, 5) is 11.5. The quantitative estimate of drug-likeness (QED) is 0.704. The first kappa shape index (κ1) is 13.2. The summed E-state index contributed by atoms with van der Waals surface area (Å²) in [5, 5.41) is 6.66. The SMILES string of the molecule is CC=CC(=O)NC1CC(C)(C)NC(C)(C)C1. The van der Waals surface area contributed by atoms with Gasteiger partial charge in [-0.25, -0.2) is 0 Å². The van der Waals surface area contributed by atoms with E-state index in [9.17, 15) is 4.79 Å². The molecule has 0 saturated carbocycles. The Kier molecular flexibility index (Phi) is 3.79. The highest BCUT2D eigenvalue weighted by Gasteiger charge is 2.37. The Bertz CT molecular complexity index is 276. The lowest BCUT2D eigenvalue weighted by Gasteiger charge is -2.46. The van der Waals surface area contributed by atoms with Gasteiger partial charge >= 0.3 is 0 Å². The van der Waals surface area contributed by atoms with Crippen molar-refractivity contribution in [1.82, 2.24) is 10.6 Å². The van der Waals surface area contributed by atoms with Gasteiger partial charge in [0.25, 0.3) is 0 Å². The summed E-state index contributed by atoms with van der Waals surface area (Å²) in [6.45, 7) is 10.6. The van der Waals surface area contributed by atoms with Crippen molar-refractivity contribution < 1.29 is 4.79 Å². The van der Waals surface area contributed by atoms with E-state index in [1.807, 2.05) is 6.92 Å². The van der Waals surface area contributed by atoms with Crippen LogP contribution in [0.25, 0.3) is 0 Å². The monoisotopic (exact) mass is 224 g/mol. The average molecular weight is 224 g/mol. The first-order valence-electron chi connectivity index (χ1n) is 5.97. The number of nitrogens with one attached hydrogen (secondary N) is 2. The molecule has 16 heavy (non-hydrogen) atoms. The maximum Gasteiger partial charge on any atom is 0.243 e. The molecule has 0 unspecified atom stereocenters. The van der Waals surface area contributed by atoms with E-state index >= 15 is 0 Å². The molecule has 1 aliphatic rings. The normalized spacial score (nSPS) is 24.6. The Labute approximate surface area is 98.7 Å². The Morgan fingerprint density at radius 1 is 1.25 bits per heavy atom. The van der Waals surface area contributed by atoms with E-state index in [0.717, 1.165) is 12.8 Å².